The number of fused-ring (bicyclic) bond motifs is 1. The van der Waals surface area contributed by atoms with Crippen LogP contribution in [0, 0.1) is 0 Å². The van der Waals surface area contributed by atoms with Crippen LogP contribution in [0.1, 0.15) is 32.9 Å². The van der Waals surface area contributed by atoms with Crippen LogP contribution in [0.2, 0.25) is 0 Å². The summed E-state index contributed by atoms with van der Waals surface area (Å²) >= 11 is 0. The second-order valence-electron chi connectivity index (χ2n) is 6.47. The zero-order valence-corrected chi connectivity index (χ0v) is 17.3. The number of alkyl halides is 3. The smallest absolute Gasteiger partial charge is 0.343 e. The molecular weight excluding hydrogens is 403 g/mol. The van der Waals surface area contributed by atoms with E-state index in [0.29, 0.717) is 6.54 Å². The fourth-order valence-corrected chi connectivity index (χ4v) is 3.79. The van der Waals surface area contributed by atoms with Gasteiger partial charge in [-0.1, -0.05) is 26.0 Å². The minimum Gasteiger partial charge on any atom is -0.343 e. The first-order chi connectivity index (χ1) is 13.5. The minimum atomic E-state index is -4.00. The highest BCUT2D eigenvalue weighted by Crippen LogP contribution is 2.29. The molecule has 0 aliphatic rings. The van der Waals surface area contributed by atoms with Gasteiger partial charge in [-0.05, 0) is 48.2 Å². The fourth-order valence-electron chi connectivity index (χ4n) is 2.66. The summed E-state index contributed by atoms with van der Waals surface area (Å²) in [7, 11) is -3.43. The van der Waals surface area contributed by atoms with Gasteiger partial charge >= 0.3 is 6.18 Å². The van der Waals surface area contributed by atoms with Gasteiger partial charge < -0.3 is 4.98 Å². The lowest BCUT2D eigenvalue weighted by Crippen LogP contribution is -2.24. The molecule has 3 rings (SSSR count). The van der Waals surface area contributed by atoms with Gasteiger partial charge in [0.05, 0.1) is 4.90 Å². The Morgan fingerprint density at radius 2 is 1.72 bits per heavy atom. The minimum absolute atomic E-state index is 0.188. The molecule has 0 atom stereocenters. The molecule has 158 valence electrons. The molecular formula is C20H24F3N3O2S. The van der Waals surface area contributed by atoms with Crippen molar-refractivity contribution in [3.63, 3.8) is 0 Å². The van der Waals surface area contributed by atoms with E-state index in [-0.39, 0.29) is 11.8 Å². The number of H-pyrrole nitrogens is 1. The number of aromatic amines is 1. The normalized spacial score (nSPS) is 11.9. The maximum Gasteiger partial charge on any atom is 0.386 e. The van der Waals surface area contributed by atoms with E-state index in [1.807, 2.05) is 25.1 Å². The fraction of sp³-hybridized carbons (Fsp3) is 0.350. The van der Waals surface area contributed by atoms with Crippen LogP contribution in [0.25, 0.3) is 22.2 Å². The first-order valence-corrected chi connectivity index (χ1v) is 10.7. The van der Waals surface area contributed by atoms with Crippen molar-refractivity contribution in [1.82, 2.24) is 14.7 Å². The molecule has 0 saturated carbocycles. The van der Waals surface area contributed by atoms with Crippen molar-refractivity contribution in [3.8, 4) is 11.1 Å². The standard InChI is InChI=1S/C18H21N3O2S.C2H3F3/c1-3-10-20-24(22,23)15-7-5-13(6-8-15)16-9-11-19-18-17(16)12-14(4-2)21-18;1-2(3,4)5/h5-9,11-12,20H,3-4,10H2,1-2H3,(H,19,21);1H3. The van der Waals surface area contributed by atoms with Gasteiger partial charge in [0, 0.05) is 30.7 Å². The highest BCUT2D eigenvalue weighted by atomic mass is 32.2. The number of sulfonamides is 1. The number of nitrogens with zero attached hydrogens (tertiary/aromatic N) is 1. The lowest BCUT2D eigenvalue weighted by molar-refractivity contribution is -0.110. The molecule has 1 aromatic carbocycles. The maximum absolute atomic E-state index is 12.2. The van der Waals surface area contributed by atoms with Crippen molar-refractivity contribution in [2.24, 2.45) is 0 Å². The number of rotatable bonds is 6. The Hall–Kier alpha value is -2.39. The van der Waals surface area contributed by atoms with E-state index in [9.17, 15) is 21.6 Å². The molecule has 0 spiro atoms. The quantitative estimate of drug-likeness (QED) is 0.578. The summed E-state index contributed by atoms with van der Waals surface area (Å²) in [6.07, 6.45) is -0.559. The zero-order valence-electron chi connectivity index (χ0n) is 16.5. The van der Waals surface area contributed by atoms with Gasteiger partial charge in [-0.2, -0.15) is 13.2 Å². The third kappa shape index (κ3) is 6.57. The van der Waals surface area contributed by atoms with E-state index < -0.39 is 16.2 Å². The first-order valence-electron chi connectivity index (χ1n) is 9.18. The Morgan fingerprint density at radius 1 is 1.10 bits per heavy atom. The van der Waals surface area contributed by atoms with Gasteiger partial charge in [-0.25, -0.2) is 18.1 Å². The molecule has 29 heavy (non-hydrogen) atoms. The molecule has 0 unspecified atom stereocenters. The summed E-state index contributed by atoms with van der Waals surface area (Å²) in [6, 6.07) is 11.0. The van der Waals surface area contributed by atoms with Crippen molar-refractivity contribution in [3.05, 3.63) is 48.3 Å². The molecule has 2 heterocycles. The van der Waals surface area contributed by atoms with Gasteiger partial charge in [-0.3, -0.25) is 0 Å². The van der Waals surface area contributed by atoms with Gasteiger partial charge in [0.2, 0.25) is 10.0 Å². The van der Waals surface area contributed by atoms with Crippen LogP contribution in [-0.2, 0) is 16.4 Å². The zero-order chi connectivity index (χ0) is 21.7. The molecule has 2 N–H and O–H groups in total. The topological polar surface area (TPSA) is 74.8 Å². The van der Waals surface area contributed by atoms with E-state index in [1.165, 1.54) is 0 Å². The second-order valence-corrected chi connectivity index (χ2v) is 8.24. The lowest BCUT2D eigenvalue weighted by Gasteiger charge is -2.07. The van der Waals surface area contributed by atoms with Gasteiger partial charge in [-0.15, -0.1) is 0 Å². The van der Waals surface area contributed by atoms with Crippen molar-refractivity contribution in [2.75, 3.05) is 6.54 Å². The lowest BCUT2D eigenvalue weighted by atomic mass is 10.0. The van der Waals surface area contributed by atoms with E-state index >= 15 is 0 Å². The van der Waals surface area contributed by atoms with Crippen molar-refractivity contribution in [1.29, 1.82) is 0 Å². The number of pyridine rings is 1. The Kier molecular flexibility index (Phi) is 7.43. The summed E-state index contributed by atoms with van der Waals surface area (Å²) in [5.41, 5.74) is 4.00. The summed E-state index contributed by atoms with van der Waals surface area (Å²) in [5, 5.41) is 1.05. The molecule has 9 heteroatoms. The number of benzene rings is 1. The van der Waals surface area contributed by atoms with Gasteiger partial charge in [0.1, 0.15) is 5.65 Å². The SMILES string of the molecule is CC(F)(F)F.CCCNS(=O)(=O)c1ccc(-c2ccnc3[nH]c(CC)cc23)cc1. The number of hydrogen-bond acceptors (Lipinski definition) is 3. The molecule has 3 aromatic rings. The van der Waals surface area contributed by atoms with Crippen LogP contribution in [-0.4, -0.2) is 31.1 Å². The predicted octanol–water partition coefficient (Wildman–Crippen LogP) is 5.05. The van der Waals surface area contributed by atoms with Crippen LogP contribution in [0.5, 0.6) is 0 Å². The van der Waals surface area contributed by atoms with E-state index in [4.69, 9.17) is 0 Å². The van der Waals surface area contributed by atoms with Crippen molar-refractivity contribution < 1.29 is 21.6 Å². The highest BCUT2D eigenvalue weighted by molar-refractivity contribution is 7.89. The molecule has 0 bridgehead atoms. The maximum atomic E-state index is 12.2. The van der Waals surface area contributed by atoms with Crippen LogP contribution in [0.15, 0.2) is 47.5 Å². The predicted molar refractivity (Wildman–Crippen MR) is 108 cm³/mol. The molecule has 0 saturated heterocycles. The van der Waals surface area contributed by atoms with Crippen molar-refractivity contribution in [2.45, 2.75) is 44.7 Å². The Balaban J connectivity index is 0.000000537. The molecule has 0 amide bonds. The van der Waals surface area contributed by atoms with Crippen LogP contribution < -0.4 is 4.72 Å². The summed E-state index contributed by atoms with van der Waals surface area (Å²) in [5.74, 6) is 0. The second kappa shape index (κ2) is 9.41. The average molecular weight is 427 g/mol. The highest BCUT2D eigenvalue weighted by Gasteiger charge is 2.16. The van der Waals surface area contributed by atoms with Crippen LogP contribution in [0.4, 0.5) is 13.2 Å². The average Bonchev–Trinajstić information content (AvgIpc) is 3.08. The summed E-state index contributed by atoms with van der Waals surface area (Å²) in [6.45, 7) is 4.65. The molecule has 0 radical (unpaired) electrons. The summed E-state index contributed by atoms with van der Waals surface area (Å²) in [4.78, 5) is 7.95. The van der Waals surface area contributed by atoms with E-state index in [1.54, 1.807) is 18.3 Å². The van der Waals surface area contributed by atoms with E-state index in [2.05, 4.69) is 27.7 Å². The number of nitrogens with one attached hydrogen (secondary N) is 2. The monoisotopic (exact) mass is 427 g/mol. The molecule has 0 aliphatic heterocycles. The molecule has 0 fully saturated rings. The number of aryl methyl sites for hydroxylation is 1. The van der Waals surface area contributed by atoms with Crippen molar-refractivity contribution >= 4 is 21.1 Å². The molecule has 5 nitrogen and oxygen atoms in total. The molecule has 2 aromatic heterocycles. The summed E-state index contributed by atoms with van der Waals surface area (Å²) < 4.78 is 58.0. The van der Waals surface area contributed by atoms with Crippen LogP contribution in [0.3, 0.4) is 0 Å². The number of halogens is 3. The Bertz CT molecular complexity index is 1040. The largest absolute Gasteiger partial charge is 0.386 e. The first kappa shape index (κ1) is 22.9. The third-order valence-electron chi connectivity index (χ3n) is 3.99. The van der Waals surface area contributed by atoms with Gasteiger partial charge in [0.15, 0.2) is 0 Å². The third-order valence-corrected chi connectivity index (χ3v) is 5.46. The Labute approximate surface area is 168 Å². The molecule has 0 aliphatic carbocycles. The van der Waals surface area contributed by atoms with Crippen LogP contribution >= 0.6 is 0 Å². The van der Waals surface area contributed by atoms with E-state index in [0.717, 1.165) is 40.7 Å². The Morgan fingerprint density at radius 3 is 2.28 bits per heavy atom. The van der Waals surface area contributed by atoms with Gasteiger partial charge in [0.25, 0.3) is 0 Å². The number of hydrogen-bond donors (Lipinski definition) is 2. The number of aromatic nitrogens is 2.